The Balaban J connectivity index is 2.41. The highest BCUT2D eigenvalue weighted by Crippen LogP contribution is 2.38. The second-order valence-corrected chi connectivity index (χ2v) is 8.39. The third kappa shape index (κ3) is 3.37. The number of benzene rings is 1. The van der Waals surface area contributed by atoms with E-state index in [1.165, 1.54) is 17.5 Å². The minimum absolute atomic E-state index is 0.0295. The summed E-state index contributed by atoms with van der Waals surface area (Å²) >= 11 is 9.26. The Morgan fingerprint density at radius 3 is 2.71 bits per heavy atom. The van der Waals surface area contributed by atoms with Crippen molar-refractivity contribution in [1.82, 2.24) is 4.31 Å². The van der Waals surface area contributed by atoms with Gasteiger partial charge in [0.25, 0.3) is 0 Å². The molecule has 1 heterocycles. The maximum absolute atomic E-state index is 12.8. The van der Waals surface area contributed by atoms with Crippen LogP contribution in [0, 0.1) is 5.92 Å². The molecule has 2 N–H and O–H groups in total. The van der Waals surface area contributed by atoms with Gasteiger partial charge in [-0.25, -0.2) is 8.42 Å². The van der Waals surface area contributed by atoms with Gasteiger partial charge in [-0.05, 0) is 47.3 Å². The van der Waals surface area contributed by atoms with E-state index in [4.69, 9.17) is 22.1 Å². The van der Waals surface area contributed by atoms with Gasteiger partial charge < -0.3 is 10.5 Å². The Morgan fingerprint density at radius 2 is 2.19 bits per heavy atom. The molecule has 118 valence electrons. The predicted octanol–water partition coefficient (Wildman–Crippen LogP) is 2.47. The third-order valence-corrected chi connectivity index (χ3v) is 6.41. The molecule has 21 heavy (non-hydrogen) atoms. The lowest BCUT2D eigenvalue weighted by molar-refractivity contribution is 0.393. The van der Waals surface area contributed by atoms with Crippen LogP contribution in [0.5, 0.6) is 5.75 Å². The van der Waals surface area contributed by atoms with Crippen LogP contribution in [-0.4, -0.2) is 39.0 Å². The Bertz CT molecular complexity index is 637. The van der Waals surface area contributed by atoms with Crippen LogP contribution >= 0.6 is 27.5 Å². The molecule has 2 unspecified atom stereocenters. The van der Waals surface area contributed by atoms with Crippen LogP contribution in [0.4, 0.5) is 0 Å². The van der Waals surface area contributed by atoms with Crippen LogP contribution in [0.3, 0.4) is 0 Å². The Kier molecular flexibility index (Phi) is 5.20. The van der Waals surface area contributed by atoms with Gasteiger partial charge in [-0.3, -0.25) is 0 Å². The van der Waals surface area contributed by atoms with Crippen molar-refractivity contribution in [1.29, 1.82) is 0 Å². The zero-order valence-electron chi connectivity index (χ0n) is 11.8. The molecule has 0 aliphatic carbocycles. The minimum atomic E-state index is -3.65. The first-order valence-corrected chi connectivity index (χ1v) is 9.17. The summed E-state index contributed by atoms with van der Waals surface area (Å²) in [5.74, 6) is 0.442. The second kappa shape index (κ2) is 6.42. The molecule has 8 heteroatoms. The molecule has 0 bridgehead atoms. The third-order valence-electron chi connectivity index (χ3n) is 3.73. The lowest BCUT2D eigenvalue weighted by Gasteiger charge is -2.20. The van der Waals surface area contributed by atoms with Gasteiger partial charge in [0.2, 0.25) is 10.0 Å². The molecule has 0 radical (unpaired) electrons. The zero-order chi connectivity index (χ0) is 15.8. The quantitative estimate of drug-likeness (QED) is 0.847. The summed E-state index contributed by atoms with van der Waals surface area (Å²) in [7, 11) is -2.22. The van der Waals surface area contributed by atoms with Crippen LogP contribution in [0.2, 0.25) is 5.02 Å². The lowest BCUT2D eigenvalue weighted by atomic mass is 10.0. The molecule has 0 saturated carbocycles. The molecule has 1 fully saturated rings. The van der Waals surface area contributed by atoms with Gasteiger partial charge >= 0.3 is 0 Å². The molecule has 0 spiro atoms. The van der Waals surface area contributed by atoms with Crippen molar-refractivity contribution < 1.29 is 13.2 Å². The highest BCUT2D eigenvalue weighted by Gasteiger charge is 2.36. The van der Waals surface area contributed by atoms with Crippen molar-refractivity contribution in [2.24, 2.45) is 11.7 Å². The maximum atomic E-state index is 12.8. The van der Waals surface area contributed by atoms with E-state index in [-0.39, 0.29) is 22.6 Å². The number of sulfonamides is 1. The number of halogens is 2. The Morgan fingerprint density at radius 1 is 1.52 bits per heavy atom. The largest absolute Gasteiger partial charge is 0.494 e. The molecular weight excluding hydrogens is 380 g/mol. The first-order valence-electron chi connectivity index (χ1n) is 6.56. The number of rotatable bonds is 4. The fourth-order valence-corrected chi connectivity index (χ4v) is 5.35. The lowest BCUT2D eigenvalue weighted by Crippen LogP contribution is -2.33. The van der Waals surface area contributed by atoms with E-state index in [1.54, 1.807) is 6.07 Å². The predicted molar refractivity (Wildman–Crippen MR) is 86.2 cm³/mol. The summed E-state index contributed by atoms with van der Waals surface area (Å²) in [6.45, 7) is 2.78. The molecule has 5 nitrogen and oxygen atoms in total. The van der Waals surface area contributed by atoms with Crippen LogP contribution in [-0.2, 0) is 10.0 Å². The van der Waals surface area contributed by atoms with Crippen LogP contribution in [0.25, 0.3) is 0 Å². The van der Waals surface area contributed by atoms with Crippen molar-refractivity contribution >= 4 is 37.6 Å². The van der Waals surface area contributed by atoms with Crippen LogP contribution < -0.4 is 10.5 Å². The zero-order valence-corrected chi connectivity index (χ0v) is 15.0. The van der Waals surface area contributed by atoms with Gasteiger partial charge in [0.05, 0.1) is 11.6 Å². The number of nitrogens with two attached hydrogens (primary N) is 1. The second-order valence-electron chi connectivity index (χ2n) is 5.19. The van der Waals surface area contributed by atoms with Gasteiger partial charge in [0.1, 0.15) is 4.90 Å². The summed E-state index contributed by atoms with van der Waals surface area (Å²) in [6, 6.07) is 2.99. The Labute approximate surface area is 138 Å². The van der Waals surface area contributed by atoms with Gasteiger partial charge in [0, 0.05) is 24.2 Å². The summed E-state index contributed by atoms with van der Waals surface area (Å²) in [5, 5.41) is 0.337. The number of methoxy groups -OCH3 is 1. The van der Waals surface area contributed by atoms with Gasteiger partial charge in [-0.1, -0.05) is 11.6 Å². The van der Waals surface area contributed by atoms with Gasteiger partial charge in [-0.2, -0.15) is 4.31 Å². The fourth-order valence-electron chi connectivity index (χ4n) is 2.47. The number of hydrogen-bond acceptors (Lipinski definition) is 4. The molecule has 2 atom stereocenters. The molecule has 1 saturated heterocycles. The van der Waals surface area contributed by atoms with E-state index >= 15 is 0 Å². The van der Waals surface area contributed by atoms with Crippen LogP contribution in [0.1, 0.15) is 13.3 Å². The number of hydrogen-bond donors (Lipinski definition) is 1. The van der Waals surface area contributed by atoms with Crippen molar-refractivity contribution in [3.8, 4) is 5.75 Å². The summed E-state index contributed by atoms with van der Waals surface area (Å²) in [6.07, 6.45) is 0.765. The SMILES string of the molecule is COc1c(Br)cc(Cl)cc1S(=O)(=O)N1CCC(C(C)N)C1. The van der Waals surface area contributed by atoms with Gasteiger partial charge in [0.15, 0.2) is 5.75 Å². The summed E-state index contributed by atoms with van der Waals surface area (Å²) < 4.78 is 32.8. The maximum Gasteiger partial charge on any atom is 0.246 e. The minimum Gasteiger partial charge on any atom is -0.494 e. The van der Waals surface area contributed by atoms with E-state index in [1.807, 2.05) is 6.92 Å². The highest BCUT2D eigenvalue weighted by molar-refractivity contribution is 9.10. The van der Waals surface area contributed by atoms with Crippen molar-refractivity contribution in [3.63, 3.8) is 0 Å². The van der Waals surface area contributed by atoms with Crippen molar-refractivity contribution in [3.05, 3.63) is 21.6 Å². The molecule has 1 aromatic rings. The van der Waals surface area contributed by atoms with Gasteiger partial charge in [-0.15, -0.1) is 0 Å². The molecule has 0 amide bonds. The standard InChI is InChI=1S/C13H18BrClN2O3S/c1-8(16)9-3-4-17(7-9)21(18,19)12-6-10(15)5-11(14)13(12)20-2/h5-6,8-9H,3-4,7,16H2,1-2H3. The fraction of sp³-hybridized carbons (Fsp3) is 0.538. The average molecular weight is 398 g/mol. The van der Waals surface area contributed by atoms with E-state index < -0.39 is 10.0 Å². The van der Waals surface area contributed by atoms with E-state index in [0.29, 0.717) is 22.6 Å². The topological polar surface area (TPSA) is 72.6 Å². The van der Waals surface area contributed by atoms with E-state index in [0.717, 1.165) is 6.42 Å². The smallest absolute Gasteiger partial charge is 0.246 e. The number of nitrogens with zero attached hydrogens (tertiary/aromatic N) is 1. The van der Waals surface area contributed by atoms with E-state index in [9.17, 15) is 8.42 Å². The molecule has 2 rings (SSSR count). The Hall–Kier alpha value is -0.340. The molecule has 0 aromatic heterocycles. The highest BCUT2D eigenvalue weighted by atomic mass is 79.9. The molecule has 1 aliphatic rings. The molecular formula is C13H18BrClN2O3S. The monoisotopic (exact) mass is 396 g/mol. The summed E-state index contributed by atoms with van der Waals surface area (Å²) in [4.78, 5) is 0.0784. The first kappa shape index (κ1) is 17.0. The van der Waals surface area contributed by atoms with Crippen molar-refractivity contribution in [2.45, 2.75) is 24.3 Å². The van der Waals surface area contributed by atoms with E-state index in [2.05, 4.69) is 15.9 Å². The average Bonchev–Trinajstić information content (AvgIpc) is 2.88. The molecule has 1 aromatic carbocycles. The van der Waals surface area contributed by atoms with Crippen molar-refractivity contribution in [2.75, 3.05) is 20.2 Å². The van der Waals surface area contributed by atoms with Crippen LogP contribution in [0.15, 0.2) is 21.5 Å². The number of ether oxygens (including phenoxy) is 1. The summed E-state index contributed by atoms with van der Waals surface area (Å²) in [5.41, 5.74) is 5.87. The molecule has 1 aliphatic heterocycles. The normalized spacial score (nSPS) is 21.5. The first-order chi connectivity index (χ1) is 9.77.